The van der Waals surface area contributed by atoms with E-state index < -0.39 is 6.61 Å². The van der Waals surface area contributed by atoms with Crippen LogP contribution in [-0.2, 0) is 11.2 Å². The second-order valence-corrected chi connectivity index (χ2v) is 2.95. The third kappa shape index (κ3) is 3.18. The van der Waals surface area contributed by atoms with E-state index >= 15 is 0 Å². The molecule has 0 aliphatic heterocycles. The van der Waals surface area contributed by atoms with Gasteiger partial charge in [0.2, 0.25) is 0 Å². The number of benzene rings is 1. The lowest BCUT2D eigenvalue weighted by atomic mass is 10.1. The fourth-order valence-corrected chi connectivity index (χ4v) is 1.20. The van der Waals surface area contributed by atoms with Gasteiger partial charge in [-0.2, -0.15) is 0 Å². The van der Waals surface area contributed by atoms with Crippen LogP contribution in [0.2, 0.25) is 0 Å². The number of carbonyl (C=O) groups excluding carboxylic acids is 1. The summed E-state index contributed by atoms with van der Waals surface area (Å²) >= 11 is 0. The van der Waals surface area contributed by atoms with Crippen LogP contribution in [0.5, 0.6) is 5.75 Å². The fourth-order valence-electron chi connectivity index (χ4n) is 1.20. The summed E-state index contributed by atoms with van der Waals surface area (Å²) in [5.41, 5.74) is 0.870. The van der Waals surface area contributed by atoms with Gasteiger partial charge >= 0.3 is 0 Å². The molecular formula is C11H14O3. The quantitative estimate of drug-likeness (QED) is 0.765. The van der Waals surface area contributed by atoms with Crippen LogP contribution in [0, 0.1) is 0 Å². The average molecular weight is 194 g/mol. The molecule has 0 saturated carbocycles. The van der Waals surface area contributed by atoms with Gasteiger partial charge in [-0.05, 0) is 24.6 Å². The zero-order valence-electron chi connectivity index (χ0n) is 8.19. The highest BCUT2D eigenvalue weighted by Gasteiger charge is 2.02. The third-order valence-electron chi connectivity index (χ3n) is 1.79. The molecule has 76 valence electrons. The third-order valence-corrected chi connectivity index (χ3v) is 1.79. The number of hydrogen-bond acceptors (Lipinski definition) is 3. The smallest absolute Gasteiger partial charge is 0.162 e. The van der Waals surface area contributed by atoms with E-state index in [4.69, 9.17) is 9.84 Å². The van der Waals surface area contributed by atoms with Gasteiger partial charge in [0.1, 0.15) is 12.4 Å². The highest BCUT2D eigenvalue weighted by Crippen LogP contribution is 2.13. The summed E-state index contributed by atoms with van der Waals surface area (Å²) in [4.78, 5) is 11.0. The van der Waals surface area contributed by atoms with Crippen molar-refractivity contribution >= 4 is 5.78 Å². The second kappa shape index (κ2) is 5.40. The van der Waals surface area contributed by atoms with Gasteiger partial charge in [0, 0.05) is 6.42 Å². The largest absolute Gasteiger partial charge is 0.494 e. The van der Waals surface area contributed by atoms with Crippen molar-refractivity contribution in [3.05, 3.63) is 29.8 Å². The lowest BCUT2D eigenvalue weighted by Crippen LogP contribution is -2.07. The molecular weight excluding hydrogens is 180 g/mol. The summed E-state index contributed by atoms with van der Waals surface area (Å²) < 4.78 is 5.29. The molecule has 0 saturated heterocycles. The number of rotatable bonds is 5. The highest BCUT2D eigenvalue weighted by molar-refractivity contribution is 5.81. The maximum absolute atomic E-state index is 11.0. The summed E-state index contributed by atoms with van der Waals surface area (Å²) in [5, 5.41) is 8.59. The van der Waals surface area contributed by atoms with Crippen molar-refractivity contribution < 1.29 is 14.6 Å². The van der Waals surface area contributed by atoms with E-state index in [9.17, 15) is 4.79 Å². The minimum Gasteiger partial charge on any atom is -0.494 e. The monoisotopic (exact) mass is 194 g/mol. The predicted molar refractivity (Wildman–Crippen MR) is 53.4 cm³/mol. The first-order valence-electron chi connectivity index (χ1n) is 4.60. The predicted octanol–water partition coefficient (Wildman–Crippen LogP) is 1.19. The van der Waals surface area contributed by atoms with Gasteiger partial charge in [0.05, 0.1) is 6.61 Å². The Balaban J connectivity index is 2.68. The zero-order chi connectivity index (χ0) is 10.4. The standard InChI is InChI=1S/C11H14O3/c1-2-14-11-5-3-4-9(7-11)6-10(13)8-12/h3-5,7,12H,2,6,8H2,1H3. The van der Waals surface area contributed by atoms with Crippen LogP contribution in [0.25, 0.3) is 0 Å². The highest BCUT2D eigenvalue weighted by atomic mass is 16.5. The minimum absolute atomic E-state index is 0.182. The molecule has 1 rings (SSSR count). The van der Waals surface area contributed by atoms with Crippen LogP contribution in [0.15, 0.2) is 24.3 Å². The van der Waals surface area contributed by atoms with Crippen molar-refractivity contribution in [2.75, 3.05) is 13.2 Å². The van der Waals surface area contributed by atoms with Crippen molar-refractivity contribution in [1.82, 2.24) is 0 Å². The Morgan fingerprint density at radius 2 is 2.29 bits per heavy atom. The Labute approximate surface area is 83.3 Å². The molecule has 0 fully saturated rings. The molecule has 0 amide bonds. The van der Waals surface area contributed by atoms with E-state index in [1.54, 1.807) is 0 Å². The van der Waals surface area contributed by atoms with Crippen LogP contribution in [0.3, 0.4) is 0 Å². The molecule has 1 aromatic carbocycles. The van der Waals surface area contributed by atoms with Crippen LogP contribution in [-0.4, -0.2) is 24.1 Å². The number of ether oxygens (including phenoxy) is 1. The number of ketones is 1. The van der Waals surface area contributed by atoms with Gasteiger partial charge < -0.3 is 9.84 Å². The van der Waals surface area contributed by atoms with E-state index in [-0.39, 0.29) is 12.2 Å². The number of hydrogen-bond donors (Lipinski definition) is 1. The van der Waals surface area contributed by atoms with Gasteiger partial charge in [0.25, 0.3) is 0 Å². The van der Waals surface area contributed by atoms with Crippen molar-refractivity contribution in [3.8, 4) is 5.75 Å². The summed E-state index contributed by atoms with van der Waals surface area (Å²) in [6.07, 6.45) is 0.261. The molecule has 0 aliphatic carbocycles. The number of aliphatic hydroxyl groups is 1. The molecule has 0 aliphatic rings. The maximum atomic E-state index is 11.0. The molecule has 0 bridgehead atoms. The van der Waals surface area contributed by atoms with Gasteiger partial charge in [-0.1, -0.05) is 12.1 Å². The van der Waals surface area contributed by atoms with Crippen LogP contribution >= 0.6 is 0 Å². The molecule has 0 aromatic heterocycles. The SMILES string of the molecule is CCOc1cccc(CC(=O)CO)c1. The van der Waals surface area contributed by atoms with Gasteiger partial charge in [0.15, 0.2) is 5.78 Å². The van der Waals surface area contributed by atoms with E-state index in [2.05, 4.69) is 0 Å². The lowest BCUT2D eigenvalue weighted by molar-refractivity contribution is -0.121. The Morgan fingerprint density at radius 3 is 2.93 bits per heavy atom. The van der Waals surface area contributed by atoms with E-state index in [1.807, 2.05) is 31.2 Å². The molecule has 1 N–H and O–H groups in total. The van der Waals surface area contributed by atoms with Crippen molar-refractivity contribution in [2.45, 2.75) is 13.3 Å². The van der Waals surface area contributed by atoms with Crippen molar-refractivity contribution in [2.24, 2.45) is 0 Å². The summed E-state index contributed by atoms with van der Waals surface area (Å²) in [5.74, 6) is 0.578. The van der Waals surface area contributed by atoms with Gasteiger partial charge in [-0.15, -0.1) is 0 Å². The molecule has 0 heterocycles. The number of Topliss-reactive ketones (excluding diaryl/α,β-unsaturated/α-hetero) is 1. The van der Waals surface area contributed by atoms with E-state index in [0.29, 0.717) is 6.61 Å². The molecule has 3 heteroatoms. The Bertz CT molecular complexity index is 307. The summed E-state index contributed by atoms with van der Waals surface area (Å²) in [6.45, 7) is 2.11. The van der Waals surface area contributed by atoms with Crippen molar-refractivity contribution in [1.29, 1.82) is 0 Å². The number of carbonyl (C=O) groups is 1. The van der Waals surface area contributed by atoms with Crippen LogP contribution < -0.4 is 4.74 Å². The summed E-state index contributed by atoms with van der Waals surface area (Å²) in [6, 6.07) is 7.34. The first kappa shape index (κ1) is 10.7. The Morgan fingerprint density at radius 1 is 1.50 bits per heavy atom. The topological polar surface area (TPSA) is 46.5 Å². The van der Waals surface area contributed by atoms with E-state index in [0.717, 1.165) is 11.3 Å². The van der Waals surface area contributed by atoms with Gasteiger partial charge in [-0.3, -0.25) is 4.79 Å². The second-order valence-electron chi connectivity index (χ2n) is 2.95. The molecule has 0 unspecified atom stereocenters. The number of aliphatic hydroxyl groups excluding tert-OH is 1. The van der Waals surface area contributed by atoms with Crippen molar-refractivity contribution in [3.63, 3.8) is 0 Å². The zero-order valence-corrected chi connectivity index (χ0v) is 8.19. The first-order valence-corrected chi connectivity index (χ1v) is 4.60. The Kier molecular flexibility index (Phi) is 4.13. The molecule has 14 heavy (non-hydrogen) atoms. The molecule has 0 radical (unpaired) electrons. The normalized spacial score (nSPS) is 9.86. The maximum Gasteiger partial charge on any atom is 0.162 e. The first-order chi connectivity index (χ1) is 6.76. The molecule has 0 atom stereocenters. The molecule has 3 nitrogen and oxygen atoms in total. The average Bonchev–Trinajstić information content (AvgIpc) is 2.19. The molecule has 1 aromatic rings. The van der Waals surface area contributed by atoms with Crippen LogP contribution in [0.1, 0.15) is 12.5 Å². The lowest BCUT2D eigenvalue weighted by Gasteiger charge is -2.04. The minimum atomic E-state index is -0.404. The summed E-state index contributed by atoms with van der Waals surface area (Å²) in [7, 11) is 0. The van der Waals surface area contributed by atoms with Crippen LogP contribution in [0.4, 0.5) is 0 Å². The van der Waals surface area contributed by atoms with E-state index in [1.165, 1.54) is 0 Å². The fraction of sp³-hybridized carbons (Fsp3) is 0.364. The Hall–Kier alpha value is -1.35. The molecule has 0 spiro atoms. The van der Waals surface area contributed by atoms with Gasteiger partial charge in [-0.25, -0.2) is 0 Å².